The number of sulfone groups is 1. The summed E-state index contributed by atoms with van der Waals surface area (Å²) in [5.74, 6) is 0. The zero-order valence-electron chi connectivity index (χ0n) is 13.8. The number of fused-ring (bicyclic) bond motifs is 3. The molecule has 0 radical (unpaired) electrons. The van der Waals surface area contributed by atoms with E-state index in [-0.39, 0.29) is 6.04 Å². The number of halogens is 1. The van der Waals surface area contributed by atoms with Crippen molar-refractivity contribution >= 4 is 38.5 Å². The molecule has 1 aliphatic carbocycles. The SMILES string of the molecule is C=Cc1ccc(S(=O)(=O)C23CCNC2CCc2cc(I)ccc23)cc1. The zero-order chi connectivity index (χ0) is 17.7. The number of rotatable bonds is 3. The van der Waals surface area contributed by atoms with Crippen molar-refractivity contribution < 1.29 is 8.42 Å². The summed E-state index contributed by atoms with van der Waals surface area (Å²) in [6, 6.07) is 13.3. The van der Waals surface area contributed by atoms with Gasteiger partial charge < -0.3 is 5.32 Å². The van der Waals surface area contributed by atoms with Crippen molar-refractivity contribution in [2.75, 3.05) is 6.54 Å². The number of aryl methyl sites for hydroxylation is 1. The van der Waals surface area contributed by atoms with Crippen LogP contribution in [0, 0.1) is 3.57 Å². The van der Waals surface area contributed by atoms with E-state index < -0.39 is 14.6 Å². The Hall–Kier alpha value is -1.18. The molecule has 1 fully saturated rings. The Morgan fingerprint density at radius 2 is 1.96 bits per heavy atom. The van der Waals surface area contributed by atoms with Gasteiger partial charge in [-0.05, 0) is 89.4 Å². The fourth-order valence-electron chi connectivity index (χ4n) is 4.37. The highest BCUT2D eigenvalue weighted by Crippen LogP contribution is 2.49. The zero-order valence-corrected chi connectivity index (χ0v) is 16.8. The van der Waals surface area contributed by atoms with E-state index in [1.54, 1.807) is 18.2 Å². The molecule has 2 atom stereocenters. The summed E-state index contributed by atoms with van der Waals surface area (Å²) in [5, 5.41) is 3.46. The molecule has 4 rings (SSSR count). The highest BCUT2D eigenvalue weighted by atomic mass is 127. The van der Waals surface area contributed by atoms with Crippen LogP contribution in [0.4, 0.5) is 0 Å². The van der Waals surface area contributed by atoms with Gasteiger partial charge in [0.25, 0.3) is 0 Å². The molecule has 0 saturated carbocycles. The predicted octanol–water partition coefficient (Wildman–Crippen LogP) is 3.91. The standard InChI is InChI=1S/C20H20INO2S/c1-2-14-3-7-17(8-4-14)25(23,24)20-11-12-22-19(20)10-5-15-13-16(21)6-9-18(15)20/h2-4,6-9,13,19,22H,1,5,10-12H2. The molecule has 5 heteroatoms. The van der Waals surface area contributed by atoms with Crippen LogP contribution in [-0.4, -0.2) is 21.0 Å². The molecule has 2 aromatic carbocycles. The van der Waals surface area contributed by atoms with Crippen LogP contribution >= 0.6 is 22.6 Å². The van der Waals surface area contributed by atoms with Gasteiger partial charge in [-0.15, -0.1) is 0 Å². The fourth-order valence-corrected chi connectivity index (χ4v) is 7.28. The molecule has 0 aromatic heterocycles. The molecule has 2 aliphatic rings. The van der Waals surface area contributed by atoms with Crippen LogP contribution in [0.25, 0.3) is 6.08 Å². The van der Waals surface area contributed by atoms with Crippen LogP contribution in [0.1, 0.15) is 29.5 Å². The van der Waals surface area contributed by atoms with Crippen LogP contribution in [0.5, 0.6) is 0 Å². The van der Waals surface area contributed by atoms with Gasteiger partial charge in [-0.3, -0.25) is 0 Å². The molecule has 1 N–H and O–H groups in total. The summed E-state index contributed by atoms with van der Waals surface area (Å²) in [5.41, 5.74) is 3.09. The fraction of sp³-hybridized carbons (Fsp3) is 0.300. The van der Waals surface area contributed by atoms with Crippen molar-refractivity contribution in [2.45, 2.75) is 34.9 Å². The first-order valence-electron chi connectivity index (χ1n) is 8.48. The number of hydrogen-bond acceptors (Lipinski definition) is 3. The van der Waals surface area contributed by atoms with E-state index in [9.17, 15) is 8.42 Å². The molecule has 0 amide bonds. The Bertz CT molecular complexity index is 937. The highest BCUT2D eigenvalue weighted by molar-refractivity contribution is 14.1. The van der Waals surface area contributed by atoms with Crippen molar-refractivity contribution in [3.8, 4) is 0 Å². The van der Waals surface area contributed by atoms with Gasteiger partial charge in [0.1, 0.15) is 4.75 Å². The number of hydrogen-bond donors (Lipinski definition) is 1. The lowest BCUT2D eigenvalue weighted by molar-refractivity contribution is 0.416. The molecular formula is C20H20INO2S. The second kappa shape index (κ2) is 6.21. The number of benzene rings is 2. The molecule has 1 saturated heterocycles. The lowest BCUT2D eigenvalue weighted by Crippen LogP contribution is -2.49. The maximum atomic E-state index is 13.8. The molecule has 25 heavy (non-hydrogen) atoms. The average molecular weight is 465 g/mol. The third-order valence-electron chi connectivity index (χ3n) is 5.58. The van der Waals surface area contributed by atoms with Crippen LogP contribution in [0.15, 0.2) is 53.9 Å². The van der Waals surface area contributed by atoms with Gasteiger partial charge in [0.05, 0.1) is 4.90 Å². The summed E-state index contributed by atoms with van der Waals surface area (Å²) < 4.78 is 27.8. The molecule has 2 aromatic rings. The van der Waals surface area contributed by atoms with Crippen LogP contribution in [0.3, 0.4) is 0 Å². The lowest BCUT2D eigenvalue weighted by atomic mass is 9.79. The summed E-state index contributed by atoms with van der Waals surface area (Å²) >= 11 is 2.30. The van der Waals surface area contributed by atoms with Crippen LogP contribution in [0.2, 0.25) is 0 Å². The molecular weight excluding hydrogens is 445 g/mol. The molecule has 0 bridgehead atoms. The second-order valence-corrected chi connectivity index (χ2v) is 10.2. The Kier molecular flexibility index (Phi) is 4.29. The maximum absolute atomic E-state index is 13.8. The normalized spacial score (nSPS) is 25.2. The van der Waals surface area contributed by atoms with Crippen molar-refractivity contribution in [1.29, 1.82) is 0 Å². The Morgan fingerprint density at radius 3 is 2.68 bits per heavy atom. The second-order valence-electron chi connectivity index (χ2n) is 6.76. The van der Waals surface area contributed by atoms with Crippen molar-refractivity contribution in [1.82, 2.24) is 5.32 Å². The minimum atomic E-state index is -3.51. The van der Waals surface area contributed by atoms with Crippen molar-refractivity contribution in [3.05, 3.63) is 69.3 Å². The van der Waals surface area contributed by atoms with Gasteiger partial charge in [0.15, 0.2) is 9.84 Å². The Balaban J connectivity index is 1.93. The predicted molar refractivity (Wildman–Crippen MR) is 109 cm³/mol. The Labute approximate surface area is 162 Å². The van der Waals surface area contributed by atoms with E-state index in [1.807, 2.05) is 24.3 Å². The maximum Gasteiger partial charge on any atom is 0.189 e. The van der Waals surface area contributed by atoms with Crippen LogP contribution in [-0.2, 0) is 21.0 Å². The van der Waals surface area contributed by atoms with E-state index in [2.05, 4.69) is 40.6 Å². The van der Waals surface area contributed by atoms with Gasteiger partial charge in [-0.2, -0.15) is 0 Å². The van der Waals surface area contributed by atoms with E-state index in [0.29, 0.717) is 11.3 Å². The van der Waals surface area contributed by atoms with E-state index in [1.165, 1.54) is 5.56 Å². The number of nitrogens with one attached hydrogen (secondary N) is 1. The minimum absolute atomic E-state index is 0.0239. The Morgan fingerprint density at radius 1 is 1.20 bits per heavy atom. The minimum Gasteiger partial charge on any atom is -0.312 e. The van der Waals surface area contributed by atoms with E-state index in [0.717, 1.165) is 34.1 Å². The molecule has 130 valence electrons. The monoisotopic (exact) mass is 465 g/mol. The van der Waals surface area contributed by atoms with E-state index in [4.69, 9.17) is 0 Å². The van der Waals surface area contributed by atoms with Crippen LogP contribution < -0.4 is 5.32 Å². The molecule has 1 aliphatic heterocycles. The average Bonchev–Trinajstić information content (AvgIpc) is 3.07. The topological polar surface area (TPSA) is 46.2 Å². The van der Waals surface area contributed by atoms with Gasteiger partial charge in [0.2, 0.25) is 0 Å². The highest BCUT2D eigenvalue weighted by Gasteiger charge is 2.56. The molecule has 1 heterocycles. The molecule has 2 unspecified atom stereocenters. The third-order valence-corrected chi connectivity index (χ3v) is 8.81. The largest absolute Gasteiger partial charge is 0.312 e. The molecule has 3 nitrogen and oxygen atoms in total. The summed E-state index contributed by atoms with van der Waals surface area (Å²) in [6.45, 7) is 4.48. The van der Waals surface area contributed by atoms with Crippen molar-refractivity contribution in [2.24, 2.45) is 0 Å². The lowest BCUT2D eigenvalue weighted by Gasteiger charge is -2.40. The smallest absolute Gasteiger partial charge is 0.189 e. The first-order chi connectivity index (χ1) is 12.0. The summed E-state index contributed by atoms with van der Waals surface area (Å²) in [6.07, 6.45) is 4.14. The summed E-state index contributed by atoms with van der Waals surface area (Å²) in [7, 11) is -3.51. The summed E-state index contributed by atoms with van der Waals surface area (Å²) in [4.78, 5) is 0.401. The van der Waals surface area contributed by atoms with Gasteiger partial charge >= 0.3 is 0 Å². The van der Waals surface area contributed by atoms with E-state index >= 15 is 0 Å². The molecule has 0 spiro atoms. The first kappa shape index (κ1) is 17.2. The quantitative estimate of drug-likeness (QED) is 0.700. The third kappa shape index (κ3) is 2.51. The first-order valence-corrected chi connectivity index (χ1v) is 11.0. The van der Waals surface area contributed by atoms with Gasteiger partial charge in [0, 0.05) is 9.61 Å². The van der Waals surface area contributed by atoms with Gasteiger partial charge in [-0.25, -0.2) is 8.42 Å². The van der Waals surface area contributed by atoms with Gasteiger partial charge in [-0.1, -0.05) is 30.9 Å². The van der Waals surface area contributed by atoms with Crippen molar-refractivity contribution in [3.63, 3.8) is 0 Å².